The predicted octanol–water partition coefficient (Wildman–Crippen LogP) is 3.09. The minimum atomic E-state index is -4.40. The number of anilines is 1. The molecule has 1 amide bonds. The monoisotopic (exact) mass is 320 g/mol. The number of nitrogens with zero attached hydrogens (tertiary/aromatic N) is 3. The molecule has 23 heavy (non-hydrogen) atoms. The molecule has 0 unspecified atom stereocenters. The van der Waals surface area contributed by atoms with Gasteiger partial charge in [0.05, 0.1) is 11.1 Å². The number of aromatic nitrogens is 3. The third kappa shape index (κ3) is 3.31. The number of alkyl halides is 3. The number of halogens is 3. The Kier molecular flexibility index (Phi) is 3.73. The number of carbonyl (C=O) groups is 1. The van der Waals surface area contributed by atoms with Crippen molar-refractivity contribution in [1.29, 1.82) is 0 Å². The zero-order valence-corrected chi connectivity index (χ0v) is 11.7. The van der Waals surface area contributed by atoms with Crippen LogP contribution in [-0.4, -0.2) is 20.9 Å². The largest absolute Gasteiger partial charge is 0.416 e. The summed E-state index contributed by atoms with van der Waals surface area (Å²) in [4.78, 5) is 12.0. The van der Waals surface area contributed by atoms with Crippen molar-refractivity contribution in [3.05, 3.63) is 54.1 Å². The van der Waals surface area contributed by atoms with E-state index in [9.17, 15) is 18.0 Å². The van der Waals surface area contributed by atoms with E-state index in [0.29, 0.717) is 11.0 Å². The Morgan fingerprint density at radius 3 is 2.48 bits per heavy atom. The predicted molar refractivity (Wildman–Crippen MR) is 77.6 cm³/mol. The van der Waals surface area contributed by atoms with Gasteiger partial charge in [-0.25, -0.2) is 4.68 Å². The molecule has 0 radical (unpaired) electrons. The van der Waals surface area contributed by atoms with E-state index in [1.165, 1.54) is 16.8 Å². The Morgan fingerprint density at radius 1 is 1.09 bits per heavy atom. The number of fused-ring (bicyclic) bond motifs is 1. The summed E-state index contributed by atoms with van der Waals surface area (Å²) in [7, 11) is 0. The standard InChI is InChI=1S/C15H11F3N4O/c16-15(17,18)10-5-7-11(8-6-10)19-14(23)9-22-13-4-2-1-3-12(13)20-21-22/h1-8H,9H2,(H,19,23). The quantitative estimate of drug-likeness (QED) is 0.807. The van der Waals surface area contributed by atoms with Crippen molar-refractivity contribution in [3.8, 4) is 0 Å². The van der Waals surface area contributed by atoms with Gasteiger partial charge in [-0.3, -0.25) is 4.79 Å². The molecule has 0 bridgehead atoms. The molecular formula is C15H11F3N4O. The van der Waals surface area contributed by atoms with Gasteiger partial charge in [0.15, 0.2) is 0 Å². The second-order valence-electron chi connectivity index (χ2n) is 4.86. The van der Waals surface area contributed by atoms with Crippen molar-refractivity contribution < 1.29 is 18.0 Å². The highest BCUT2D eigenvalue weighted by Gasteiger charge is 2.29. The zero-order valence-electron chi connectivity index (χ0n) is 11.7. The number of benzene rings is 2. The summed E-state index contributed by atoms with van der Waals surface area (Å²) in [6.07, 6.45) is -4.40. The molecule has 8 heteroatoms. The summed E-state index contributed by atoms with van der Waals surface area (Å²) in [5.41, 5.74) is 0.884. The molecule has 0 saturated carbocycles. The summed E-state index contributed by atoms with van der Waals surface area (Å²) in [6.45, 7) is -0.0818. The first kappa shape index (κ1) is 15.0. The molecule has 2 aromatic carbocycles. The van der Waals surface area contributed by atoms with E-state index in [0.717, 1.165) is 12.1 Å². The van der Waals surface area contributed by atoms with E-state index in [-0.39, 0.29) is 12.2 Å². The highest BCUT2D eigenvalue weighted by atomic mass is 19.4. The van der Waals surface area contributed by atoms with Gasteiger partial charge in [-0.05, 0) is 36.4 Å². The maximum atomic E-state index is 12.5. The molecule has 0 atom stereocenters. The fourth-order valence-corrected chi connectivity index (χ4v) is 2.11. The summed E-state index contributed by atoms with van der Waals surface area (Å²) in [5, 5.41) is 10.3. The van der Waals surface area contributed by atoms with Crippen molar-refractivity contribution in [1.82, 2.24) is 15.0 Å². The molecule has 1 N–H and O–H groups in total. The van der Waals surface area contributed by atoms with Gasteiger partial charge in [0.2, 0.25) is 5.91 Å². The highest BCUT2D eigenvalue weighted by molar-refractivity contribution is 5.91. The van der Waals surface area contributed by atoms with Crippen LogP contribution < -0.4 is 5.32 Å². The van der Waals surface area contributed by atoms with Gasteiger partial charge < -0.3 is 5.32 Å². The SMILES string of the molecule is O=C(Cn1nnc2ccccc21)Nc1ccc(C(F)(F)F)cc1. The smallest absolute Gasteiger partial charge is 0.324 e. The van der Waals surface area contributed by atoms with Crippen LogP contribution in [0.25, 0.3) is 11.0 Å². The van der Waals surface area contributed by atoms with Crippen LogP contribution in [0.1, 0.15) is 5.56 Å². The normalized spacial score (nSPS) is 11.6. The molecule has 0 saturated heterocycles. The number of para-hydroxylation sites is 1. The Labute approximate surface area is 128 Å². The van der Waals surface area contributed by atoms with Crippen LogP contribution in [0.5, 0.6) is 0 Å². The number of carbonyl (C=O) groups excluding carboxylic acids is 1. The van der Waals surface area contributed by atoms with Gasteiger partial charge in [0.25, 0.3) is 0 Å². The van der Waals surface area contributed by atoms with E-state index in [1.54, 1.807) is 18.2 Å². The van der Waals surface area contributed by atoms with Gasteiger partial charge in [0, 0.05) is 5.69 Å². The Balaban J connectivity index is 1.70. The molecule has 0 aliphatic rings. The van der Waals surface area contributed by atoms with E-state index >= 15 is 0 Å². The van der Waals surface area contributed by atoms with Gasteiger partial charge in [-0.2, -0.15) is 13.2 Å². The average Bonchev–Trinajstić information content (AvgIpc) is 2.90. The average molecular weight is 320 g/mol. The topological polar surface area (TPSA) is 59.8 Å². The van der Waals surface area contributed by atoms with E-state index < -0.39 is 17.6 Å². The lowest BCUT2D eigenvalue weighted by atomic mass is 10.2. The van der Waals surface area contributed by atoms with Gasteiger partial charge in [-0.15, -0.1) is 5.10 Å². The van der Waals surface area contributed by atoms with Crippen LogP contribution in [0, 0.1) is 0 Å². The molecule has 1 heterocycles. The van der Waals surface area contributed by atoms with Crippen molar-refractivity contribution in [2.45, 2.75) is 12.7 Å². The van der Waals surface area contributed by atoms with Crippen LogP contribution in [0.2, 0.25) is 0 Å². The lowest BCUT2D eigenvalue weighted by Crippen LogP contribution is -2.19. The number of hydrogen-bond acceptors (Lipinski definition) is 3. The molecular weight excluding hydrogens is 309 g/mol. The van der Waals surface area contributed by atoms with Gasteiger partial charge in [0.1, 0.15) is 12.1 Å². The molecule has 118 valence electrons. The molecule has 0 fully saturated rings. The first-order valence-electron chi connectivity index (χ1n) is 6.69. The van der Waals surface area contributed by atoms with Crippen LogP contribution in [0.3, 0.4) is 0 Å². The first-order chi connectivity index (χ1) is 10.9. The Hall–Kier alpha value is -2.90. The van der Waals surface area contributed by atoms with E-state index in [4.69, 9.17) is 0 Å². The summed E-state index contributed by atoms with van der Waals surface area (Å²) >= 11 is 0. The molecule has 1 aromatic heterocycles. The van der Waals surface area contributed by atoms with E-state index in [1.807, 2.05) is 6.07 Å². The summed E-state index contributed by atoms with van der Waals surface area (Å²) in [5.74, 6) is -0.402. The molecule has 5 nitrogen and oxygen atoms in total. The number of amides is 1. The molecule has 0 aliphatic carbocycles. The second kappa shape index (κ2) is 5.71. The lowest BCUT2D eigenvalue weighted by Gasteiger charge is -2.09. The maximum Gasteiger partial charge on any atom is 0.416 e. The Morgan fingerprint density at radius 2 is 1.78 bits per heavy atom. The van der Waals surface area contributed by atoms with Crippen molar-refractivity contribution in [2.75, 3.05) is 5.32 Å². The fraction of sp³-hybridized carbons (Fsp3) is 0.133. The molecule has 3 aromatic rings. The number of nitrogens with one attached hydrogen (secondary N) is 1. The minimum absolute atomic E-state index is 0.0818. The van der Waals surface area contributed by atoms with Crippen molar-refractivity contribution >= 4 is 22.6 Å². The third-order valence-electron chi connectivity index (χ3n) is 3.21. The highest BCUT2D eigenvalue weighted by Crippen LogP contribution is 2.29. The molecule has 3 rings (SSSR count). The van der Waals surface area contributed by atoms with Crippen LogP contribution in [0.4, 0.5) is 18.9 Å². The number of rotatable bonds is 3. The zero-order chi connectivity index (χ0) is 16.4. The van der Waals surface area contributed by atoms with Crippen LogP contribution >= 0.6 is 0 Å². The second-order valence-corrected chi connectivity index (χ2v) is 4.86. The summed E-state index contributed by atoms with van der Waals surface area (Å²) < 4.78 is 38.9. The van der Waals surface area contributed by atoms with Crippen molar-refractivity contribution in [2.24, 2.45) is 0 Å². The van der Waals surface area contributed by atoms with E-state index in [2.05, 4.69) is 15.6 Å². The van der Waals surface area contributed by atoms with Crippen LogP contribution in [-0.2, 0) is 17.5 Å². The minimum Gasteiger partial charge on any atom is -0.324 e. The lowest BCUT2D eigenvalue weighted by molar-refractivity contribution is -0.137. The number of hydrogen-bond donors (Lipinski definition) is 1. The molecule has 0 aliphatic heterocycles. The maximum absolute atomic E-state index is 12.5. The van der Waals surface area contributed by atoms with Gasteiger partial charge in [-0.1, -0.05) is 17.3 Å². The first-order valence-corrected chi connectivity index (χ1v) is 6.69. The van der Waals surface area contributed by atoms with Crippen molar-refractivity contribution in [3.63, 3.8) is 0 Å². The fourth-order valence-electron chi connectivity index (χ4n) is 2.11. The summed E-state index contributed by atoms with van der Waals surface area (Å²) in [6, 6.07) is 11.4. The van der Waals surface area contributed by atoms with Crippen LogP contribution in [0.15, 0.2) is 48.5 Å². The Bertz CT molecular complexity index is 840. The molecule has 0 spiro atoms. The third-order valence-corrected chi connectivity index (χ3v) is 3.21. The van der Waals surface area contributed by atoms with Gasteiger partial charge >= 0.3 is 6.18 Å².